The number of carbonyl (C=O) groups is 2. The fourth-order valence-corrected chi connectivity index (χ4v) is 1.55. The number of imide groups is 1. The van der Waals surface area contributed by atoms with E-state index in [1.54, 1.807) is 13.2 Å². The molecule has 16 heavy (non-hydrogen) atoms. The molecule has 0 unspecified atom stereocenters. The number of methoxy groups -OCH3 is 1. The highest BCUT2D eigenvalue weighted by molar-refractivity contribution is 6.15. The maximum Gasteiger partial charge on any atom is 0.254 e. The molecule has 1 saturated heterocycles. The predicted molar refractivity (Wildman–Crippen MR) is 58.7 cm³/mol. The second-order valence-electron chi connectivity index (χ2n) is 3.50. The number of benzene rings is 1. The van der Waals surface area contributed by atoms with Crippen molar-refractivity contribution in [2.24, 2.45) is 0 Å². The first kappa shape index (κ1) is 10.4. The van der Waals surface area contributed by atoms with Crippen molar-refractivity contribution in [3.63, 3.8) is 0 Å². The number of amides is 2. The van der Waals surface area contributed by atoms with Crippen LogP contribution in [-0.2, 0) is 9.59 Å². The third-order valence-corrected chi connectivity index (χ3v) is 2.33. The van der Waals surface area contributed by atoms with Gasteiger partial charge in [0, 0.05) is 5.57 Å². The summed E-state index contributed by atoms with van der Waals surface area (Å²) in [6, 6.07) is 7.32. The molecule has 0 spiro atoms. The Kier molecular flexibility index (Phi) is 2.72. The molecule has 0 saturated carbocycles. The molecule has 0 radical (unpaired) electrons. The summed E-state index contributed by atoms with van der Waals surface area (Å²) in [5, 5.41) is 2.24. The molecule has 0 aromatic heterocycles. The Balaban J connectivity index is 2.28. The van der Waals surface area contributed by atoms with Crippen LogP contribution in [0.2, 0.25) is 0 Å². The lowest BCUT2D eigenvalue weighted by molar-refractivity contribution is -0.124. The number of hydrogen-bond donors (Lipinski definition) is 1. The minimum absolute atomic E-state index is 0.149. The number of nitrogens with one attached hydrogen (secondary N) is 1. The highest BCUT2D eigenvalue weighted by atomic mass is 16.5. The van der Waals surface area contributed by atoms with Crippen LogP contribution in [0.5, 0.6) is 5.75 Å². The lowest BCUT2D eigenvalue weighted by Crippen LogP contribution is -2.19. The van der Waals surface area contributed by atoms with Gasteiger partial charge in [-0.25, -0.2) is 0 Å². The molecule has 1 aliphatic heterocycles. The first-order chi connectivity index (χ1) is 7.69. The zero-order chi connectivity index (χ0) is 11.5. The number of carbonyl (C=O) groups excluding carboxylic acids is 2. The monoisotopic (exact) mass is 217 g/mol. The minimum Gasteiger partial charge on any atom is -0.497 e. The molecule has 0 aliphatic carbocycles. The number of rotatable bonds is 2. The molecule has 82 valence electrons. The van der Waals surface area contributed by atoms with E-state index in [0.29, 0.717) is 5.57 Å². The van der Waals surface area contributed by atoms with Crippen LogP contribution in [0.15, 0.2) is 29.8 Å². The fraction of sp³-hybridized carbons (Fsp3) is 0.167. The van der Waals surface area contributed by atoms with Gasteiger partial charge in [0.15, 0.2) is 0 Å². The topological polar surface area (TPSA) is 55.4 Å². The minimum atomic E-state index is -0.312. The van der Waals surface area contributed by atoms with Crippen LogP contribution in [-0.4, -0.2) is 18.9 Å². The van der Waals surface area contributed by atoms with E-state index in [9.17, 15) is 9.59 Å². The van der Waals surface area contributed by atoms with E-state index in [1.165, 1.54) is 0 Å². The lowest BCUT2D eigenvalue weighted by Gasteiger charge is -2.00. The molecule has 1 fully saturated rings. The van der Waals surface area contributed by atoms with Gasteiger partial charge in [0.25, 0.3) is 5.91 Å². The maximum atomic E-state index is 11.3. The molecule has 1 aromatic carbocycles. The Morgan fingerprint density at radius 3 is 2.81 bits per heavy atom. The first-order valence-corrected chi connectivity index (χ1v) is 4.88. The third kappa shape index (κ3) is 2.11. The standard InChI is InChI=1S/C12H11NO3/c1-16-10-4-2-3-8(6-10)5-9-7-11(14)13-12(9)15/h2-6H,7H2,1H3,(H,13,14,15). The van der Waals surface area contributed by atoms with E-state index < -0.39 is 0 Å². The van der Waals surface area contributed by atoms with E-state index in [1.807, 2.05) is 24.3 Å². The quantitative estimate of drug-likeness (QED) is 0.596. The molecule has 1 N–H and O–H groups in total. The second-order valence-corrected chi connectivity index (χ2v) is 3.50. The molecule has 4 heteroatoms. The summed E-state index contributed by atoms with van der Waals surface area (Å²) < 4.78 is 5.07. The van der Waals surface area contributed by atoms with Gasteiger partial charge in [0.1, 0.15) is 5.75 Å². The fourth-order valence-electron chi connectivity index (χ4n) is 1.55. The SMILES string of the molecule is COc1cccc(C=C2CC(=O)NC2=O)c1. The summed E-state index contributed by atoms with van der Waals surface area (Å²) >= 11 is 0. The normalized spacial score (nSPS) is 17.7. The summed E-state index contributed by atoms with van der Waals surface area (Å²) in [5.74, 6) is 0.158. The van der Waals surface area contributed by atoms with Crippen molar-refractivity contribution in [1.82, 2.24) is 5.32 Å². The molecule has 2 rings (SSSR count). The summed E-state index contributed by atoms with van der Waals surface area (Å²) in [5.41, 5.74) is 1.33. The van der Waals surface area contributed by atoms with Gasteiger partial charge in [-0.2, -0.15) is 0 Å². The van der Waals surface area contributed by atoms with Gasteiger partial charge in [-0.1, -0.05) is 12.1 Å². The third-order valence-electron chi connectivity index (χ3n) is 2.33. The molecule has 1 aromatic rings. The summed E-state index contributed by atoms with van der Waals surface area (Å²) in [7, 11) is 1.58. The van der Waals surface area contributed by atoms with Crippen LogP contribution < -0.4 is 10.1 Å². The van der Waals surface area contributed by atoms with Gasteiger partial charge in [-0.3, -0.25) is 14.9 Å². The zero-order valence-corrected chi connectivity index (χ0v) is 8.82. The van der Waals surface area contributed by atoms with E-state index in [2.05, 4.69) is 5.32 Å². The summed E-state index contributed by atoms with van der Waals surface area (Å²) in [6.45, 7) is 0. The molecular weight excluding hydrogens is 206 g/mol. The average molecular weight is 217 g/mol. The Bertz CT molecular complexity index is 477. The average Bonchev–Trinajstić information content (AvgIpc) is 2.58. The van der Waals surface area contributed by atoms with Crippen molar-refractivity contribution in [3.8, 4) is 5.75 Å². The maximum absolute atomic E-state index is 11.3. The Labute approximate surface area is 92.9 Å². The predicted octanol–water partition coefficient (Wildman–Crippen LogP) is 1.13. The largest absolute Gasteiger partial charge is 0.497 e. The lowest BCUT2D eigenvalue weighted by atomic mass is 10.1. The molecule has 0 bridgehead atoms. The number of ether oxygens (including phenoxy) is 1. The van der Waals surface area contributed by atoms with Crippen LogP contribution >= 0.6 is 0 Å². The molecule has 2 amide bonds. The summed E-state index contributed by atoms with van der Waals surface area (Å²) in [6.07, 6.45) is 1.85. The van der Waals surface area contributed by atoms with Crippen LogP contribution in [0.25, 0.3) is 6.08 Å². The van der Waals surface area contributed by atoms with Crippen molar-refractivity contribution in [3.05, 3.63) is 35.4 Å². The summed E-state index contributed by atoms with van der Waals surface area (Å²) in [4.78, 5) is 22.3. The molecule has 4 nitrogen and oxygen atoms in total. The van der Waals surface area contributed by atoms with Crippen molar-refractivity contribution in [2.45, 2.75) is 6.42 Å². The van der Waals surface area contributed by atoms with E-state index in [4.69, 9.17) is 4.74 Å². The van der Waals surface area contributed by atoms with Gasteiger partial charge >= 0.3 is 0 Å². The van der Waals surface area contributed by atoms with Crippen LogP contribution in [0.3, 0.4) is 0 Å². The zero-order valence-electron chi connectivity index (χ0n) is 8.82. The highest BCUT2D eigenvalue weighted by Gasteiger charge is 2.23. The van der Waals surface area contributed by atoms with Crippen LogP contribution in [0.1, 0.15) is 12.0 Å². The van der Waals surface area contributed by atoms with Crippen molar-refractivity contribution in [1.29, 1.82) is 0 Å². The van der Waals surface area contributed by atoms with Gasteiger partial charge in [-0.15, -0.1) is 0 Å². The highest BCUT2D eigenvalue weighted by Crippen LogP contribution is 2.18. The van der Waals surface area contributed by atoms with Gasteiger partial charge < -0.3 is 4.74 Å². The number of hydrogen-bond acceptors (Lipinski definition) is 3. The second kappa shape index (κ2) is 4.18. The molecule has 1 aliphatic rings. The van der Waals surface area contributed by atoms with Crippen LogP contribution in [0, 0.1) is 0 Å². The van der Waals surface area contributed by atoms with Gasteiger partial charge in [0.2, 0.25) is 5.91 Å². The van der Waals surface area contributed by atoms with Crippen molar-refractivity contribution >= 4 is 17.9 Å². The van der Waals surface area contributed by atoms with Crippen molar-refractivity contribution < 1.29 is 14.3 Å². The Hall–Kier alpha value is -2.10. The van der Waals surface area contributed by atoms with Crippen LogP contribution in [0.4, 0.5) is 0 Å². The van der Waals surface area contributed by atoms with E-state index in [-0.39, 0.29) is 18.2 Å². The molecular formula is C12H11NO3. The van der Waals surface area contributed by atoms with Gasteiger partial charge in [0.05, 0.1) is 13.5 Å². The molecule has 0 atom stereocenters. The first-order valence-electron chi connectivity index (χ1n) is 4.88. The van der Waals surface area contributed by atoms with E-state index in [0.717, 1.165) is 11.3 Å². The van der Waals surface area contributed by atoms with Gasteiger partial charge in [-0.05, 0) is 23.8 Å². The Morgan fingerprint density at radius 2 is 2.19 bits per heavy atom. The van der Waals surface area contributed by atoms with E-state index >= 15 is 0 Å². The van der Waals surface area contributed by atoms with Crippen molar-refractivity contribution in [2.75, 3.05) is 7.11 Å². The smallest absolute Gasteiger partial charge is 0.254 e. The Morgan fingerprint density at radius 1 is 1.38 bits per heavy atom. The molecule has 1 heterocycles.